The van der Waals surface area contributed by atoms with Crippen molar-refractivity contribution in [3.8, 4) is 0 Å². The molecule has 4 rings (SSSR count). The number of carbonyl (C=O) groups excluding carboxylic acids is 2. The highest BCUT2D eigenvalue weighted by Crippen LogP contribution is 2.77. The highest BCUT2D eigenvalue weighted by molar-refractivity contribution is 6.21. The predicted molar refractivity (Wildman–Crippen MR) is 54.2 cm³/mol. The number of Topliss-reactive ketones (excluding diaryl/α,β-unsaturated/α-hetero) is 2. The third-order valence-corrected chi connectivity index (χ3v) is 5.24. The molecule has 2 heteroatoms. The quantitative estimate of drug-likeness (QED) is 0.603. The van der Waals surface area contributed by atoms with Crippen molar-refractivity contribution >= 4 is 11.6 Å². The Hall–Kier alpha value is -0.920. The summed E-state index contributed by atoms with van der Waals surface area (Å²) in [7, 11) is 0. The number of allylic oxidation sites excluding steroid dienone is 2. The van der Waals surface area contributed by atoms with Crippen LogP contribution in [0.15, 0.2) is 11.1 Å². The summed E-state index contributed by atoms with van der Waals surface area (Å²) in [6, 6.07) is 0. The van der Waals surface area contributed by atoms with Gasteiger partial charge in [-0.15, -0.1) is 0 Å². The molecule has 15 heavy (non-hydrogen) atoms. The zero-order chi connectivity index (χ0) is 10.3. The average Bonchev–Trinajstić information content (AvgIpc) is 2.67. The Morgan fingerprint density at radius 2 is 1.33 bits per heavy atom. The summed E-state index contributed by atoms with van der Waals surface area (Å²) in [5.41, 5.74) is 1.48. The fourth-order valence-corrected chi connectivity index (χ4v) is 4.46. The number of rotatable bonds is 0. The molecule has 0 amide bonds. The Kier molecular flexibility index (Phi) is 1.16. The van der Waals surface area contributed by atoms with E-state index in [1.807, 2.05) is 0 Å². The van der Waals surface area contributed by atoms with Gasteiger partial charge in [0, 0.05) is 22.0 Å². The Balaban J connectivity index is 1.95. The standard InChI is InChI=1S/C13H14O2/c14-10-8-3-1-4-9(8)11(15)13-6-2-5-12(10,13)7-13/h1-7H2/t12-,13+. The van der Waals surface area contributed by atoms with Crippen LogP contribution in [0.1, 0.15) is 44.9 Å². The third-order valence-electron chi connectivity index (χ3n) is 5.24. The molecule has 78 valence electrons. The van der Waals surface area contributed by atoms with Crippen LogP contribution in [-0.4, -0.2) is 11.6 Å². The van der Waals surface area contributed by atoms with Crippen molar-refractivity contribution in [1.82, 2.24) is 0 Å². The molecule has 2 atom stereocenters. The van der Waals surface area contributed by atoms with Gasteiger partial charge in [-0.05, 0) is 38.5 Å². The van der Waals surface area contributed by atoms with E-state index in [2.05, 4.69) is 0 Å². The Morgan fingerprint density at radius 3 is 1.87 bits per heavy atom. The minimum atomic E-state index is -0.187. The Bertz CT molecular complexity index is 407. The van der Waals surface area contributed by atoms with E-state index in [1.54, 1.807) is 0 Å². The maximum absolute atomic E-state index is 12.4. The van der Waals surface area contributed by atoms with E-state index in [0.29, 0.717) is 11.6 Å². The number of hydrogen-bond donors (Lipinski definition) is 0. The second-order valence-corrected chi connectivity index (χ2v) is 5.66. The first kappa shape index (κ1) is 8.26. The first-order chi connectivity index (χ1) is 7.21. The van der Waals surface area contributed by atoms with E-state index in [1.165, 1.54) is 0 Å². The van der Waals surface area contributed by atoms with Gasteiger partial charge in [-0.3, -0.25) is 9.59 Å². The molecule has 0 radical (unpaired) electrons. The van der Waals surface area contributed by atoms with Crippen molar-refractivity contribution in [2.45, 2.75) is 44.9 Å². The summed E-state index contributed by atoms with van der Waals surface area (Å²) in [4.78, 5) is 24.8. The lowest BCUT2D eigenvalue weighted by Crippen LogP contribution is -2.32. The van der Waals surface area contributed by atoms with Gasteiger partial charge in [0.25, 0.3) is 0 Å². The lowest BCUT2D eigenvalue weighted by molar-refractivity contribution is -0.129. The van der Waals surface area contributed by atoms with Crippen LogP contribution in [0.3, 0.4) is 0 Å². The average molecular weight is 202 g/mol. The smallest absolute Gasteiger partial charge is 0.166 e. The molecule has 0 spiro atoms. The largest absolute Gasteiger partial charge is 0.294 e. The van der Waals surface area contributed by atoms with Gasteiger partial charge in [0.2, 0.25) is 0 Å². The molecule has 4 aliphatic carbocycles. The second kappa shape index (κ2) is 2.11. The third kappa shape index (κ3) is 0.640. The van der Waals surface area contributed by atoms with E-state index >= 15 is 0 Å². The van der Waals surface area contributed by atoms with Gasteiger partial charge in [-0.1, -0.05) is 6.42 Å². The maximum Gasteiger partial charge on any atom is 0.166 e. The topological polar surface area (TPSA) is 34.1 Å². The Labute approximate surface area is 88.7 Å². The normalized spacial score (nSPS) is 46.7. The van der Waals surface area contributed by atoms with Gasteiger partial charge in [0.15, 0.2) is 11.6 Å². The van der Waals surface area contributed by atoms with Gasteiger partial charge in [-0.2, -0.15) is 0 Å². The highest BCUT2D eigenvalue weighted by Gasteiger charge is 2.79. The number of carbonyl (C=O) groups is 2. The van der Waals surface area contributed by atoms with E-state index in [9.17, 15) is 9.59 Å². The van der Waals surface area contributed by atoms with Crippen molar-refractivity contribution in [2.75, 3.05) is 0 Å². The van der Waals surface area contributed by atoms with Gasteiger partial charge in [0.05, 0.1) is 0 Å². The fraction of sp³-hybridized carbons (Fsp3) is 0.692. The second-order valence-electron chi connectivity index (χ2n) is 5.66. The molecule has 2 nitrogen and oxygen atoms in total. The molecule has 4 aliphatic rings. The number of hydrogen-bond acceptors (Lipinski definition) is 2. The van der Waals surface area contributed by atoms with Crippen LogP contribution in [0, 0.1) is 10.8 Å². The predicted octanol–water partition coefficient (Wildman–Crippen LogP) is 2.18. The molecule has 0 aliphatic heterocycles. The van der Waals surface area contributed by atoms with Crippen LogP contribution in [0.5, 0.6) is 0 Å². The summed E-state index contributed by atoms with van der Waals surface area (Å²) in [5, 5.41) is 0. The lowest BCUT2D eigenvalue weighted by atomic mass is 9.77. The fourth-order valence-electron chi connectivity index (χ4n) is 4.46. The molecular weight excluding hydrogens is 188 g/mol. The first-order valence-corrected chi connectivity index (χ1v) is 6.03. The van der Waals surface area contributed by atoms with E-state index in [-0.39, 0.29) is 10.8 Å². The zero-order valence-electron chi connectivity index (χ0n) is 8.77. The monoisotopic (exact) mass is 202 g/mol. The summed E-state index contributed by atoms with van der Waals surface area (Å²) >= 11 is 0. The molecule has 0 aromatic heterocycles. The molecular formula is C13H14O2. The molecule has 0 heterocycles. The van der Waals surface area contributed by atoms with Gasteiger partial charge in [-0.25, -0.2) is 0 Å². The van der Waals surface area contributed by atoms with Crippen LogP contribution >= 0.6 is 0 Å². The van der Waals surface area contributed by atoms with Gasteiger partial charge < -0.3 is 0 Å². The Morgan fingerprint density at radius 1 is 0.800 bits per heavy atom. The summed E-state index contributed by atoms with van der Waals surface area (Å²) < 4.78 is 0. The SMILES string of the molecule is O=C1C2=C(CCC2)C(=O)[C@]23CCC[C@]12C3. The van der Waals surface area contributed by atoms with E-state index < -0.39 is 0 Å². The zero-order valence-corrected chi connectivity index (χ0v) is 8.77. The lowest BCUT2D eigenvalue weighted by Gasteiger charge is -2.23. The molecule has 0 unspecified atom stereocenters. The van der Waals surface area contributed by atoms with Crippen LogP contribution < -0.4 is 0 Å². The first-order valence-electron chi connectivity index (χ1n) is 6.03. The molecule has 0 bridgehead atoms. The van der Waals surface area contributed by atoms with Crippen molar-refractivity contribution in [3.05, 3.63) is 11.1 Å². The molecule has 2 saturated carbocycles. The minimum absolute atomic E-state index is 0.187. The molecule has 0 N–H and O–H groups in total. The van der Waals surface area contributed by atoms with Crippen LogP contribution in [0.2, 0.25) is 0 Å². The van der Waals surface area contributed by atoms with Gasteiger partial charge >= 0.3 is 0 Å². The van der Waals surface area contributed by atoms with Crippen molar-refractivity contribution in [3.63, 3.8) is 0 Å². The van der Waals surface area contributed by atoms with Crippen LogP contribution in [0.4, 0.5) is 0 Å². The molecule has 0 saturated heterocycles. The van der Waals surface area contributed by atoms with E-state index in [0.717, 1.165) is 56.1 Å². The highest BCUT2D eigenvalue weighted by atomic mass is 16.1. The van der Waals surface area contributed by atoms with Crippen LogP contribution in [-0.2, 0) is 9.59 Å². The molecule has 0 aromatic carbocycles. The molecule has 0 aromatic rings. The van der Waals surface area contributed by atoms with Crippen molar-refractivity contribution in [1.29, 1.82) is 0 Å². The molecule has 2 fully saturated rings. The number of ketones is 2. The summed E-state index contributed by atoms with van der Waals surface area (Å²) in [5.74, 6) is 0.735. The summed E-state index contributed by atoms with van der Waals surface area (Å²) in [6.07, 6.45) is 6.69. The maximum atomic E-state index is 12.4. The van der Waals surface area contributed by atoms with Crippen LogP contribution in [0.25, 0.3) is 0 Å². The van der Waals surface area contributed by atoms with Gasteiger partial charge in [0.1, 0.15) is 0 Å². The minimum Gasteiger partial charge on any atom is -0.294 e. The van der Waals surface area contributed by atoms with Crippen molar-refractivity contribution < 1.29 is 9.59 Å². The van der Waals surface area contributed by atoms with Crippen molar-refractivity contribution in [2.24, 2.45) is 10.8 Å². The summed E-state index contributed by atoms with van der Waals surface area (Å²) in [6.45, 7) is 0. The van der Waals surface area contributed by atoms with E-state index in [4.69, 9.17) is 0 Å².